The van der Waals surface area contributed by atoms with Gasteiger partial charge in [0.05, 0.1) is 25.5 Å². The van der Waals surface area contributed by atoms with E-state index in [2.05, 4.69) is 10.4 Å². The van der Waals surface area contributed by atoms with Crippen LogP contribution in [-0.2, 0) is 0 Å². The van der Waals surface area contributed by atoms with E-state index >= 15 is 0 Å². The number of hydrogen-bond acceptors (Lipinski definition) is 4. The molecule has 1 amide bonds. The zero-order valence-electron chi connectivity index (χ0n) is 15.5. The number of nitrogens with one attached hydrogen (secondary N) is 1. The number of ether oxygens (including phenoxy) is 2. The van der Waals surface area contributed by atoms with Crippen LogP contribution >= 0.6 is 0 Å². The number of aromatic nitrogens is 2. The molecule has 1 N–H and O–H groups in total. The van der Waals surface area contributed by atoms with Crippen molar-refractivity contribution in [2.24, 2.45) is 0 Å². The first kappa shape index (κ1) is 18.4. The van der Waals surface area contributed by atoms with E-state index in [4.69, 9.17) is 9.47 Å². The Kier molecular flexibility index (Phi) is 5.12. The number of carbonyl (C=O) groups excluding carboxylic acids is 1. The summed E-state index contributed by atoms with van der Waals surface area (Å²) in [4.78, 5) is 12.5. The summed E-state index contributed by atoms with van der Waals surface area (Å²) in [5, 5.41) is 6.96. The quantitative estimate of drug-likeness (QED) is 0.741. The molecule has 0 atom stereocenters. The largest absolute Gasteiger partial charge is 0.497 e. The zero-order valence-corrected chi connectivity index (χ0v) is 15.5. The third-order valence-electron chi connectivity index (χ3n) is 4.10. The van der Waals surface area contributed by atoms with Crippen LogP contribution in [0.4, 0.5) is 10.1 Å². The monoisotopic (exact) mass is 369 g/mol. The number of rotatable bonds is 5. The van der Waals surface area contributed by atoms with Gasteiger partial charge in [0.25, 0.3) is 5.91 Å². The van der Waals surface area contributed by atoms with Gasteiger partial charge in [0.15, 0.2) is 5.82 Å². The second-order valence-electron chi connectivity index (χ2n) is 6.03. The van der Waals surface area contributed by atoms with Gasteiger partial charge in [-0.1, -0.05) is 0 Å². The van der Waals surface area contributed by atoms with Gasteiger partial charge in [0, 0.05) is 17.4 Å². The lowest BCUT2D eigenvalue weighted by atomic mass is 10.1. The Labute approximate surface area is 156 Å². The lowest BCUT2D eigenvalue weighted by Gasteiger charge is -2.12. The van der Waals surface area contributed by atoms with E-state index in [0.29, 0.717) is 28.4 Å². The average Bonchev–Trinajstić information content (AvgIpc) is 2.99. The maximum absolute atomic E-state index is 14.6. The fourth-order valence-electron chi connectivity index (χ4n) is 2.81. The van der Waals surface area contributed by atoms with E-state index in [1.54, 1.807) is 30.3 Å². The highest BCUT2D eigenvalue weighted by Gasteiger charge is 2.15. The first-order chi connectivity index (χ1) is 12.9. The third kappa shape index (κ3) is 3.76. The van der Waals surface area contributed by atoms with Crippen LogP contribution < -0.4 is 14.8 Å². The van der Waals surface area contributed by atoms with Crippen LogP contribution in [-0.4, -0.2) is 29.9 Å². The molecule has 6 nitrogen and oxygen atoms in total. The highest BCUT2D eigenvalue weighted by Crippen LogP contribution is 2.26. The molecule has 0 saturated heterocycles. The van der Waals surface area contributed by atoms with E-state index in [1.165, 1.54) is 25.0 Å². The predicted molar refractivity (Wildman–Crippen MR) is 100 cm³/mol. The van der Waals surface area contributed by atoms with Gasteiger partial charge < -0.3 is 14.8 Å². The number of amides is 1. The van der Waals surface area contributed by atoms with Gasteiger partial charge in [-0.3, -0.25) is 4.79 Å². The molecular weight excluding hydrogens is 349 g/mol. The smallest absolute Gasteiger partial charge is 0.259 e. The minimum Gasteiger partial charge on any atom is -0.497 e. The standard InChI is InChI=1S/C20H20FN3O3/c1-12-9-13(2)24(23-12)18-8-5-14(10-17(18)21)22-20(25)16-7-6-15(26-3)11-19(16)27-4/h5-11H,1-4H3,(H,22,25). The number of methoxy groups -OCH3 is 2. The van der Waals surface area contributed by atoms with Gasteiger partial charge in [-0.05, 0) is 50.2 Å². The number of halogens is 1. The molecule has 3 rings (SSSR count). The first-order valence-electron chi connectivity index (χ1n) is 8.29. The minimum absolute atomic E-state index is 0.320. The van der Waals surface area contributed by atoms with Crippen molar-refractivity contribution in [2.75, 3.05) is 19.5 Å². The molecule has 1 heterocycles. The summed E-state index contributed by atoms with van der Waals surface area (Å²) in [5.41, 5.74) is 2.60. The summed E-state index contributed by atoms with van der Waals surface area (Å²) in [6.45, 7) is 3.70. The fraction of sp³-hybridized carbons (Fsp3) is 0.200. The fourth-order valence-corrected chi connectivity index (χ4v) is 2.81. The van der Waals surface area contributed by atoms with Gasteiger partial charge in [0.1, 0.15) is 17.2 Å². The van der Waals surface area contributed by atoms with Crippen LogP contribution in [0, 0.1) is 19.7 Å². The maximum atomic E-state index is 14.6. The summed E-state index contributed by atoms with van der Waals surface area (Å²) in [6, 6.07) is 11.2. The van der Waals surface area contributed by atoms with E-state index in [9.17, 15) is 9.18 Å². The molecule has 0 spiro atoms. The van der Waals surface area contributed by atoms with Crippen molar-refractivity contribution in [3.05, 3.63) is 65.2 Å². The van der Waals surface area contributed by atoms with Crippen molar-refractivity contribution in [3.63, 3.8) is 0 Å². The van der Waals surface area contributed by atoms with Crippen molar-refractivity contribution in [3.8, 4) is 17.2 Å². The molecule has 0 unspecified atom stereocenters. The van der Waals surface area contributed by atoms with Crippen molar-refractivity contribution in [1.82, 2.24) is 9.78 Å². The average molecular weight is 369 g/mol. The molecular formula is C20H20FN3O3. The molecule has 0 aliphatic rings. The molecule has 0 radical (unpaired) electrons. The van der Waals surface area contributed by atoms with Crippen LogP contribution in [0.1, 0.15) is 21.7 Å². The van der Waals surface area contributed by atoms with Crippen LogP contribution in [0.5, 0.6) is 11.5 Å². The van der Waals surface area contributed by atoms with Gasteiger partial charge in [-0.15, -0.1) is 0 Å². The summed E-state index contributed by atoms with van der Waals surface area (Å²) < 4.78 is 26.5. The predicted octanol–water partition coefficient (Wildman–Crippen LogP) is 3.90. The molecule has 0 aliphatic heterocycles. The van der Waals surface area contributed by atoms with E-state index < -0.39 is 11.7 Å². The SMILES string of the molecule is COc1ccc(C(=O)Nc2ccc(-n3nc(C)cc3C)c(F)c2)c(OC)c1. The Hall–Kier alpha value is -3.35. The van der Waals surface area contributed by atoms with Crippen molar-refractivity contribution in [1.29, 1.82) is 0 Å². The minimum atomic E-state index is -0.485. The molecule has 3 aromatic rings. The van der Waals surface area contributed by atoms with Crippen molar-refractivity contribution >= 4 is 11.6 Å². The first-order valence-corrected chi connectivity index (χ1v) is 8.29. The summed E-state index contributed by atoms with van der Waals surface area (Å²) in [5.74, 6) is 0.0451. The maximum Gasteiger partial charge on any atom is 0.259 e. The Morgan fingerprint density at radius 2 is 1.85 bits per heavy atom. The second kappa shape index (κ2) is 7.49. The van der Waals surface area contributed by atoms with Crippen LogP contribution in [0.2, 0.25) is 0 Å². The molecule has 140 valence electrons. The zero-order chi connectivity index (χ0) is 19.6. The molecule has 2 aromatic carbocycles. The molecule has 27 heavy (non-hydrogen) atoms. The van der Waals surface area contributed by atoms with Crippen LogP contribution in [0.25, 0.3) is 5.69 Å². The van der Waals surface area contributed by atoms with Gasteiger partial charge in [-0.2, -0.15) is 5.10 Å². The number of hydrogen-bond donors (Lipinski definition) is 1. The van der Waals surface area contributed by atoms with Crippen LogP contribution in [0.15, 0.2) is 42.5 Å². The molecule has 0 bridgehead atoms. The number of carbonyl (C=O) groups is 1. The highest BCUT2D eigenvalue weighted by atomic mass is 19.1. The van der Waals surface area contributed by atoms with E-state index in [1.807, 2.05) is 19.9 Å². The van der Waals surface area contributed by atoms with Crippen LogP contribution in [0.3, 0.4) is 0 Å². The number of anilines is 1. The Bertz CT molecular complexity index is 998. The Balaban J connectivity index is 1.85. The van der Waals surface area contributed by atoms with Crippen molar-refractivity contribution < 1.29 is 18.7 Å². The Morgan fingerprint density at radius 3 is 2.44 bits per heavy atom. The Morgan fingerprint density at radius 1 is 1.07 bits per heavy atom. The van der Waals surface area contributed by atoms with Gasteiger partial charge in [-0.25, -0.2) is 9.07 Å². The van der Waals surface area contributed by atoms with Gasteiger partial charge in [0.2, 0.25) is 0 Å². The molecule has 7 heteroatoms. The summed E-state index contributed by atoms with van der Waals surface area (Å²) in [6.07, 6.45) is 0. The molecule has 0 saturated carbocycles. The van der Waals surface area contributed by atoms with E-state index in [-0.39, 0.29) is 0 Å². The normalized spacial score (nSPS) is 10.6. The third-order valence-corrected chi connectivity index (χ3v) is 4.10. The summed E-state index contributed by atoms with van der Waals surface area (Å²) >= 11 is 0. The number of benzene rings is 2. The van der Waals surface area contributed by atoms with E-state index in [0.717, 1.165) is 11.4 Å². The highest BCUT2D eigenvalue weighted by molar-refractivity contribution is 6.06. The second-order valence-corrected chi connectivity index (χ2v) is 6.03. The van der Waals surface area contributed by atoms with Crippen molar-refractivity contribution in [2.45, 2.75) is 13.8 Å². The molecule has 1 aromatic heterocycles. The lowest BCUT2D eigenvalue weighted by Crippen LogP contribution is -2.14. The number of nitrogens with zero attached hydrogens (tertiary/aromatic N) is 2. The summed E-state index contributed by atoms with van der Waals surface area (Å²) in [7, 11) is 3.00. The number of aryl methyl sites for hydroxylation is 2. The topological polar surface area (TPSA) is 65.4 Å². The molecule has 0 fully saturated rings. The molecule has 0 aliphatic carbocycles. The van der Waals surface area contributed by atoms with Gasteiger partial charge >= 0.3 is 0 Å². The lowest BCUT2D eigenvalue weighted by molar-refractivity contribution is 0.102.